The lowest BCUT2D eigenvalue weighted by Crippen LogP contribution is -2.15. The van der Waals surface area contributed by atoms with Crippen molar-refractivity contribution in [3.63, 3.8) is 0 Å². The van der Waals surface area contributed by atoms with Gasteiger partial charge in [0, 0.05) is 31.4 Å². The fourth-order valence-electron chi connectivity index (χ4n) is 1.83. The van der Waals surface area contributed by atoms with Crippen LogP contribution in [0.15, 0.2) is 36.0 Å². The van der Waals surface area contributed by atoms with E-state index in [0.29, 0.717) is 6.42 Å². The zero-order chi connectivity index (χ0) is 11.5. The van der Waals surface area contributed by atoms with Crippen molar-refractivity contribution >= 4 is 18.2 Å². The summed E-state index contributed by atoms with van der Waals surface area (Å²) >= 11 is 0. The first kappa shape index (κ1) is 10.7. The number of carbonyl (C=O) groups excluding carboxylic acids is 1. The molecular formula is C13H13FNO+. The number of carbonyl (C=O) groups is 1. The lowest BCUT2D eigenvalue weighted by Gasteiger charge is -2.10. The second-order valence-corrected chi connectivity index (χ2v) is 3.87. The molecule has 3 heteroatoms. The van der Waals surface area contributed by atoms with Crippen LogP contribution in [0, 0.1) is 11.7 Å². The van der Waals surface area contributed by atoms with Gasteiger partial charge in [0.2, 0.25) is 5.69 Å². The molecule has 0 saturated heterocycles. The number of nitrogens with zero attached hydrogens (tertiary/aromatic N) is 1. The monoisotopic (exact) mass is 218 g/mol. The molecule has 2 rings (SSSR count). The first-order valence-corrected chi connectivity index (χ1v) is 5.22. The molecule has 2 nitrogen and oxygen atoms in total. The predicted octanol–water partition coefficient (Wildman–Crippen LogP) is 2.66. The van der Waals surface area contributed by atoms with Gasteiger partial charge in [-0.15, -0.1) is 0 Å². The van der Waals surface area contributed by atoms with Crippen molar-refractivity contribution in [3.05, 3.63) is 41.9 Å². The number of rotatable bonds is 2. The summed E-state index contributed by atoms with van der Waals surface area (Å²) in [5, 5.41) is 0. The van der Waals surface area contributed by atoms with Crippen LogP contribution in [0.5, 0.6) is 0 Å². The van der Waals surface area contributed by atoms with Crippen LogP contribution in [0.1, 0.15) is 13.3 Å². The number of allylic oxidation sites excluding steroid dienone is 2. The van der Waals surface area contributed by atoms with Crippen molar-refractivity contribution in [2.45, 2.75) is 13.3 Å². The Morgan fingerprint density at radius 3 is 2.62 bits per heavy atom. The molecule has 0 aromatic heterocycles. The Morgan fingerprint density at radius 2 is 2.06 bits per heavy atom. The van der Waals surface area contributed by atoms with E-state index in [1.54, 1.807) is 12.1 Å². The number of benzene rings is 1. The van der Waals surface area contributed by atoms with Gasteiger partial charge in [-0.25, -0.2) is 4.39 Å². The van der Waals surface area contributed by atoms with Crippen LogP contribution in [-0.4, -0.2) is 17.1 Å². The molecule has 1 aromatic rings. The van der Waals surface area contributed by atoms with Crippen LogP contribution in [0.4, 0.5) is 10.1 Å². The molecule has 0 saturated carbocycles. The SMILES string of the molecule is CC1=CC(C=O)CC=[N+]1c1ccc(F)cc1. The predicted molar refractivity (Wildman–Crippen MR) is 60.3 cm³/mol. The molecule has 1 aliphatic heterocycles. The van der Waals surface area contributed by atoms with E-state index in [-0.39, 0.29) is 11.7 Å². The van der Waals surface area contributed by atoms with E-state index in [2.05, 4.69) is 0 Å². The quantitative estimate of drug-likeness (QED) is 0.552. The minimum absolute atomic E-state index is 0.0308. The van der Waals surface area contributed by atoms with Crippen LogP contribution >= 0.6 is 0 Å². The molecule has 0 aliphatic carbocycles. The number of halogens is 1. The average molecular weight is 218 g/mol. The Bertz CT molecular complexity index is 459. The Morgan fingerprint density at radius 1 is 1.38 bits per heavy atom. The third kappa shape index (κ3) is 2.08. The molecular weight excluding hydrogens is 205 g/mol. The van der Waals surface area contributed by atoms with Gasteiger partial charge in [-0.2, -0.15) is 4.58 Å². The fraction of sp³-hybridized carbons (Fsp3) is 0.231. The Labute approximate surface area is 93.7 Å². The Kier molecular flexibility index (Phi) is 2.95. The summed E-state index contributed by atoms with van der Waals surface area (Å²) in [4.78, 5) is 10.7. The van der Waals surface area contributed by atoms with Crippen molar-refractivity contribution in [1.82, 2.24) is 0 Å². The normalized spacial score (nSPS) is 20.0. The van der Waals surface area contributed by atoms with Crippen LogP contribution in [0.25, 0.3) is 0 Å². The van der Waals surface area contributed by atoms with E-state index in [1.807, 2.05) is 23.8 Å². The minimum atomic E-state index is -0.242. The van der Waals surface area contributed by atoms with Crippen molar-refractivity contribution in [1.29, 1.82) is 0 Å². The topological polar surface area (TPSA) is 20.1 Å². The van der Waals surface area contributed by atoms with E-state index < -0.39 is 0 Å². The molecule has 1 heterocycles. The molecule has 1 unspecified atom stereocenters. The summed E-state index contributed by atoms with van der Waals surface area (Å²) in [6.45, 7) is 1.94. The maximum atomic E-state index is 12.8. The lowest BCUT2D eigenvalue weighted by atomic mass is 10.0. The molecule has 1 atom stereocenters. The van der Waals surface area contributed by atoms with Gasteiger partial charge < -0.3 is 4.79 Å². The Hall–Kier alpha value is -1.77. The standard InChI is InChI=1S/C13H13FNO/c1-10-8-11(9-16)6-7-15(10)13-4-2-12(14)3-5-13/h2-5,7-9,11H,6H2,1H3/q+1. The van der Waals surface area contributed by atoms with Crippen LogP contribution in [-0.2, 0) is 4.79 Å². The molecule has 82 valence electrons. The molecule has 16 heavy (non-hydrogen) atoms. The van der Waals surface area contributed by atoms with Gasteiger partial charge in [0.25, 0.3) is 0 Å². The highest BCUT2D eigenvalue weighted by molar-refractivity contribution is 5.67. The third-order valence-electron chi connectivity index (χ3n) is 2.68. The van der Waals surface area contributed by atoms with E-state index in [4.69, 9.17) is 0 Å². The number of hydrogen-bond donors (Lipinski definition) is 0. The van der Waals surface area contributed by atoms with E-state index >= 15 is 0 Å². The van der Waals surface area contributed by atoms with Crippen molar-refractivity contribution in [2.24, 2.45) is 5.92 Å². The van der Waals surface area contributed by atoms with Crippen LogP contribution in [0.2, 0.25) is 0 Å². The maximum Gasteiger partial charge on any atom is 0.210 e. The largest absolute Gasteiger partial charge is 0.303 e. The third-order valence-corrected chi connectivity index (χ3v) is 2.68. The highest BCUT2D eigenvalue weighted by atomic mass is 19.1. The molecule has 1 aliphatic rings. The zero-order valence-corrected chi connectivity index (χ0v) is 9.06. The van der Waals surface area contributed by atoms with E-state index in [9.17, 15) is 9.18 Å². The summed E-state index contributed by atoms with van der Waals surface area (Å²) in [5.41, 5.74) is 1.91. The first-order chi connectivity index (χ1) is 7.70. The van der Waals surface area contributed by atoms with Gasteiger partial charge in [0.05, 0.1) is 0 Å². The molecule has 0 N–H and O–H groups in total. The smallest absolute Gasteiger partial charge is 0.210 e. The zero-order valence-electron chi connectivity index (χ0n) is 9.06. The van der Waals surface area contributed by atoms with Gasteiger partial charge in [-0.05, 0) is 18.2 Å². The maximum absolute atomic E-state index is 12.8. The van der Waals surface area contributed by atoms with Crippen LogP contribution < -0.4 is 0 Å². The summed E-state index contributed by atoms with van der Waals surface area (Å²) in [7, 11) is 0. The molecule has 1 aromatic carbocycles. The van der Waals surface area contributed by atoms with Gasteiger partial charge in [0.1, 0.15) is 12.1 Å². The van der Waals surface area contributed by atoms with Crippen molar-refractivity contribution in [2.75, 3.05) is 0 Å². The van der Waals surface area contributed by atoms with Crippen molar-refractivity contribution in [3.8, 4) is 0 Å². The fourth-order valence-corrected chi connectivity index (χ4v) is 1.83. The highest BCUT2D eigenvalue weighted by Crippen LogP contribution is 2.21. The molecule has 0 radical (unpaired) electrons. The van der Waals surface area contributed by atoms with Gasteiger partial charge in [-0.1, -0.05) is 0 Å². The number of aldehydes is 1. The van der Waals surface area contributed by atoms with E-state index in [0.717, 1.165) is 17.7 Å². The molecule has 0 spiro atoms. The lowest BCUT2D eigenvalue weighted by molar-refractivity contribution is -0.382. The summed E-state index contributed by atoms with van der Waals surface area (Å²) in [6, 6.07) is 6.32. The van der Waals surface area contributed by atoms with Gasteiger partial charge in [-0.3, -0.25) is 0 Å². The van der Waals surface area contributed by atoms with Gasteiger partial charge in [0.15, 0.2) is 11.9 Å². The summed E-state index contributed by atoms with van der Waals surface area (Å²) in [6.07, 6.45) is 5.53. The average Bonchev–Trinajstić information content (AvgIpc) is 2.30. The second-order valence-electron chi connectivity index (χ2n) is 3.87. The molecule has 0 bridgehead atoms. The van der Waals surface area contributed by atoms with Crippen molar-refractivity contribution < 1.29 is 13.8 Å². The molecule has 0 amide bonds. The van der Waals surface area contributed by atoms with E-state index in [1.165, 1.54) is 12.1 Å². The molecule has 0 fully saturated rings. The summed E-state index contributed by atoms with van der Waals surface area (Å²) < 4.78 is 14.7. The van der Waals surface area contributed by atoms with Gasteiger partial charge >= 0.3 is 0 Å². The first-order valence-electron chi connectivity index (χ1n) is 5.22. The number of hydrogen-bond acceptors (Lipinski definition) is 1. The Balaban J connectivity index is 2.30. The second kappa shape index (κ2) is 4.39. The van der Waals surface area contributed by atoms with Crippen LogP contribution in [0.3, 0.4) is 0 Å². The highest BCUT2D eigenvalue weighted by Gasteiger charge is 2.20. The summed E-state index contributed by atoms with van der Waals surface area (Å²) in [5.74, 6) is -0.273. The minimum Gasteiger partial charge on any atom is -0.303 e.